The van der Waals surface area contributed by atoms with Crippen LogP contribution in [0.5, 0.6) is 0 Å². The van der Waals surface area contributed by atoms with Crippen molar-refractivity contribution >= 4 is 35.8 Å². The highest BCUT2D eigenvalue weighted by atomic mass is 16.4. The van der Waals surface area contributed by atoms with Gasteiger partial charge in [0.05, 0.1) is 69.0 Å². The second-order valence-corrected chi connectivity index (χ2v) is 16.8. The van der Waals surface area contributed by atoms with Crippen LogP contribution in [0.15, 0.2) is 164 Å². The summed E-state index contributed by atoms with van der Waals surface area (Å²) in [5.74, 6) is -7.80. The maximum Gasteiger partial charge on any atom is 0.335 e. The van der Waals surface area contributed by atoms with Crippen LogP contribution in [0.4, 0.5) is 0 Å². The van der Waals surface area contributed by atoms with Crippen molar-refractivity contribution in [2.45, 2.75) is 0 Å². The zero-order valence-corrected chi connectivity index (χ0v) is 38.2. The van der Waals surface area contributed by atoms with Crippen LogP contribution in [0.3, 0.4) is 0 Å². The average molecular weight is 1000 g/mol. The Balaban J connectivity index is 0.978. The Labute approximate surface area is 420 Å². The second-order valence-electron chi connectivity index (χ2n) is 16.8. The summed E-state index contributed by atoms with van der Waals surface area (Å²) in [6, 6.07) is 39.5. The third kappa shape index (κ3) is 9.81. The van der Waals surface area contributed by atoms with Crippen LogP contribution in [-0.2, 0) is 0 Å². The molecule has 0 unspecified atom stereocenters. The summed E-state index contributed by atoms with van der Waals surface area (Å²) in [5.41, 5.74) is 7.53. The molecule has 75 heavy (non-hydrogen) atoms. The summed E-state index contributed by atoms with van der Waals surface area (Å²) in [6.45, 7) is 0. The molecule has 0 spiro atoms. The lowest BCUT2D eigenvalue weighted by molar-refractivity contribution is 0.0676. The van der Waals surface area contributed by atoms with Gasteiger partial charge in [-0.3, -0.25) is 0 Å². The Morgan fingerprint density at radius 1 is 0.267 bits per heavy atom. The number of carboxylic acid groups (broad SMARTS) is 6. The van der Waals surface area contributed by atoms with Gasteiger partial charge >= 0.3 is 35.8 Å². The number of rotatable bonds is 15. The molecule has 0 saturated heterocycles. The van der Waals surface area contributed by atoms with Gasteiger partial charge in [0, 0.05) is 16.7 Å². The number of hydrogen-bond donors (Lipinski definition) is 6. The van der Waals surface area contributed by atoms with Crippen LogP contribution in [-0.4, -0.2) is 111 Å². The van der Waals surface area contributed by atoms with Crippen molar-refractivity contribution in [3.63, 3.8) is 0 Å². The van der Waals surface area contributed by atoms with Crippen LogP contribution in [0.25, 0.3) is 84.2 Å². The van der Waals surface area contributed by atoms with Gasteiger partial charge in [0.1, 0.15) is 17.1 Å². The molecule has 0 aliphatic rings. The van der Waals surface area contributed by atoms with Crippen molar-refractivity contribution < 1.29 is 59.4 Å². The predicted molar refractivity (Wildman–Crippen MR) is 266 cm³/mol. The first-order valence-corrected chi connectivity index (χ1v) is 22.1. The molecule has 0 amide bonds. The van der Waals surface area contributed by atoms with Crippen molar-refractivity contribution in [1.29, 1.82) is 0 Å². The van der Waals surface area contributed by atoms with Gasteiger partial charge in [-0.05, 0) is 106 Å². The molecule has 0 fully saturated rings. The van der Waals surface area contributed by atoms with Crippen molar-refractivity contribution in [3.8, 4) is 84.2 Å². The van der Waals surface area contributed by atoms with E-state index >= 15 is 0 Å². The van der Waals surface area contributed by atoms with E-state index in [9.17, 15) is 59.4 Å². The number of hydrogen-bond acceptors (Lipinski definition) is 12. The van der Waals surface area contributed by atoms with E-state index in [1.807, 2.05) is 91.0 Å². The van der Waals surface area contributed by atoms with E-state index < -0.39 is 35.8 Å². The van der Waals surface area contributed by atoms with Crippen molar-refractivity contribution in [2.24, 2.45) is 0 Å². The summed E-state index contributed by atoms with van der Waals surface area (Å²) < 4.78 is 3.89. The Morgan fingerprint density at radius 2 is 0.467 bits per heavy atom. The van der Waals surface area contributed by atoms with E-state index in [0.717, 1.165) is 51.6 Å². The summed E-state index contributed by atoms with van der Waals surface area (Å²) in [4.78, 5) is 70.5. The zero-order valence-electron chi connectivity index (χ0n) is 38.2. The minimum absolute atomic E-state index is 0.199. The number of benzene rings is 7. The van der Waals surface area contributed by atoms with Gasteiger partial charge in [0.2, 0.25) is 0 Å². The lowest BCUT2D eigenvalue weighted by Crippen LogP contribution is -2.06. The van der Waals surface area contributed by atoms with E-state index in [1.165, 1.54) is 50.4 Å². The second kappa shape index (κ2) is 19.2. The Bertz CT molecular complexity index is 3460. The molecule has 7 aromatic carbocycles. The highest BCUT2D eigenvalue weighted by Gasteiger charge is 2.19. The molecule has 21 nitrogen and oxygen atoms in total. The van der Waals surface area contributed by atoms with E-state index in [1.54, 1.807) is 18.6 Å². The lowest BCUT2D eigenvalue weighted by atomic mass is 9.92. The lowest BCUT2D eigenvalue weighted by Gasteiger charge is -2.12. The van der Waals surface area contributed by atoms with Gasteiger partial charge in [-0.25, -0.2) is 42.8 Å². The third-order valence-electron chi connectivity index (χ3n) is 12.0. The standard InChI is InChI=1S/C54H33N9O12/c64-49(65)37-16-38(50(66)67)20-43(19-37)61-25-46(55-58-61)31-7-1-28(2-8-31)34-13-35(29-3-9-32(10-4-29)47-26-62(59-56-47)44-21-39(51(68)69)17-40(22-44)52(70)71)15-36(14-34)30-5-11-33(12-6-30)48-27-63(60-57-48)45-23-41(53(72)73)18-42(24-45)54(74)75/h1-27H,(H,64,65)(H,66,67)(H,68,69)(H,70,71)(H,72,73)(H,74,75). The molecule has 0 atom stereocenters. The minimum atomic E-state index is -1.30. The van der Waals surface area contributed by atoms with Crippen molar-refractivity contribution in [1.82, 2.24) is 45.0 Å². The molecular formula is C54H33N9O12. The highest BCUT2D eigenvalue weighted by Crippen LogP contribution is 2.36. The first kappa shape index (κ1) is 47.5. The fourth-order valence-corrected chi connectivity index (χ4v) is 8.17. The van der Waals surface area contributed by atoms with Gasteiger partial charge in [-0.1, -0.05) is 88.4 Å². The monoisotopic (exact) mass is 999 g/mol. The Morgan fingerprint density at radius 3 is 0.667 bits per heavy atom. The first-order valence-electron chi connectivity index (χ1n) is 22.1. The normalized spacial score (nSPS) is 11.0. The summed E-state index contributed by atoms with van der Waals surface area (Å²) in [6.07, 6.45) is 4.69. The number of aromatic carboxylic acids is 6. The van der Waals surface area contributed by atoms with Gasteiger partial charge in [-0.15, -0.1) is 15.3 Å². The van der Waals surface area contributed by atoms with Crippen molar-refractivity contribution in [2.75, 3.05) is 0 Å². The SMILES string of the molecule is O=C(O)c1cc(C(=O)O)cc(-n2cc(-c3ccc(-c4cc(-c5ccc(-c6cn(-c7cc(C(=O)O)cc(C(=O)O)c7)nn6)cc5)cc(-c5ccc(-c6cn(-c7cc(C(=O)O)cc(C(=O)O)c7)nn6)cc5)c4)cc3)nn2)c1. The topological polar surface area (TPSA) is 316 Å². The first-order chi connectivity index (χ1) is 36.0. The summed E-state index contributed by atoms with van der Waals surface area (Å²) in [7, 11) is 0. The fourth-order valence-electron chi connectivity index (χ4n) is 8.17. The maximum absolute atomic E-state index is 11.7. The van der Waals surface area contributed by atoms with Crippen LogP contribution < -0.4 is 0 Å². The number of nitrogens with zero attached hydrogens (tertiary/aromatic N) is 9. The number of carbonyl (C=O) groups is 6. The third-order valence-corrected chi connectivity index (χ3v) is 12.0. The van der Waals surface area contributed by atoms with Crippen LogP contribution in [0.1, 0.15) is 62.1 Å². The van der Waals surface area contributed by atoms with Gasteiger partial charge in [0.25, 0.3) is 0 Å². The fraction of sp³-hybridized carbons (Fsp3) is 0. The minimum Gasteiger partial charge on any atom is -0.478 e. The zero-order chi connectivity index (χ0) is 52.7. The molecule has 0 aliphatic carbocycles. The molecule has 10 aromatic rings. The molecule has 6 N–H and O–H groups in total. The van der Waals surface area contributed by atoms with E-state index in [4.69, 9.17) is 0 Å². The Hall–Kier alpha value is -11.2. The van der Waals surface area contributed by atoms with Crippen LogP contribution >= 0.6 is 0 Å². The number of carboxylic acids is 6. The van der Waals surface area contributed by atoms with E-state index in [2.05, 4.69) is 30.9 Å². The molecule has 0 bridgehead atoms. The summed E-state index contributed by atoms with van der Waals surface area (Å²) >= 11 is 0. The van der Waals surface area contributed by atoms with Crippen LogP contribution in [0, 0.1) is 0 Å². The smallest absolute Gasteiger partial charge is 0.335 e. The summed E-state index contributed by atoms with van der Waals surface area (Å²) in [5, 5.41) is 82.7. The molecule has 0 saturated carbocycles. The molecular weight excluding hydrogens is 967 g/mol. The molecule has 0 aliphatic heterocycles. The highest BCUT2D eigenvalue weighted by molar-refractivity contribution is 5.97. The average Bonchev–Trinajstić information content (AvgIpc) is 4.24. The van der Waals surface area contributed by atoms with E-state index in [0.29, 0.717) is 33.8 Å². The quantitative estimate of drug-likeness (QED) is 0.0559. The largest absolute Gasteiger partial charge is 0.478 e. The van der Waals surface area contributed by atoms with Gasteiger partial charge in [-0.2, -0.15) is 0 Å². The maximum atomic E-state index is 11.7. The van der Waals surface area contributed by atoms with Gasteiger partial charge < -0.3 is 30.6 Å². The molecule has 21 heteroatoms. The Kier molecular flexibility index (Phi) is 12.1. The molecule has 3 heterocycles. The molecule has 0 radical (unpaired) electrons. The number of aromatic nitrogens is 9. The predicted octanol–water partition coefficient (Wildman–Crippen LogP) is 8.62. The van der Waals surface area contributed by atoms with E-state index in [-0.39, 0.29) is 50.4 Å². The molecule has 3 aromatic heterocycles. The molecule has 10 rings (SSSR count). The van der Waals surface area contributed by atoms with Crippen molar-refractivity contribution in [3.05, 3.63) is 198 Å². The van der Waals surface area contributed by atoms with Gasteiger partial charge in [0.15, 0.2) is 0 Å². The van der Waals surface area contributed by atoms with Crippen LogP contribution in [0.2, 0.25) is 0 Å². The molecule has 366 valence electrons.